The van der Waals surface area contributed by atoms with E-state index in [-0.39, 0.29) is 5.56 Å². The highest BCUT2D eigenvalue weighted by Gasteiger charge is 2.23. The molecule has 0 unspecified atom stereocenters. The molecule has 1 fully saturated rings. The summed E-state index contributed by atoms with van der Waals surface area (Å²) < 4.78 is 1.69. The minimum Gasteiger partial charge on any atom is -0.356 e. The van der Waals surface area contributed by atoms with Crippen molar-refractivity contribution in [2.75, 3.05) is 37.0 Å². The van der Waals surface area contributed by atoms with Gasteiger partial charge in [0.2, 0.25) is 5.95 Å². The minimum absolute atomic E-state index is 0.0551. The maximum Gasteiger partial charge on any atom is 0.267 e. The molecule has 138 valence electrons. The van der Waals surface area contributed by atoms with Crippen LogP contribution < -0.4 is 15.4 Å². The summed E-state index contributed by atoms with van der Waals surface area (Å²) in [5, 5.41) is 4.62. The van der Waals surface area contributed by atoms with Crippen molar-refractivity contribution in [2.45, 2.75) is 38.6 Å². The zero-order valence-electron chi connectivity index (χ0n) is 15.6. The molecule has 0 bridgehead atoms. The highest BCUT2D eigenvalue weighted by atomic mass is 16.1. The number of aryl methyl sites for hydroxylation is 2. The third kappa shape index (κ3) is 3.43. The van der Waals surface area contributed by atoms with Crippen molar-refractivity contribution in [2.24, 2.45) is 5.92 Å². The Morgan fingerprint density at radius 1 is 1.23 bits per heavy atom. The maximum absolute atomic E-state index is 12.3. The summed E-state index contributed by atoms with van der Waals surface area (Å²) >= 11 is 0. The van der Waals surface area contributed by atoms with Crippen molar-refractivity contribution in [3.05, 3.63) is 39.9 Å². The van der Waals surface area contributed by atoms with Gasteiger partial charge in [-0.1, -0.05) is 0 Å². The predicted octanol–water partition coefficient (Wildman–Crippen LogP) is 1.50. The first kappa shape index (κ1) is 17.0. The number of anilines is 2. The number of aromatic nitrogens is 4. The molecule has 0 aromatic carbocycles. The lowest BCUT2D eigenvalue weighted by atomic mass is 9.97. The average molecular weight is 354 g/mol. The molecule has 26 heavy (non-hydrogen) atoms. The van der Waals surface area contributed by atoms with E-state index >= 15 is 0 Å². The van der Waals surface area contributed by atoms with E-state index in [2.05, 4.69) is 20.0 Å². The standard InChI is InChI=1S/C19H26N6O/c1-23(2)19-20-9-6-17(21-19)24-10-7-14(8-11-24)13-25-18(26)12-15-4-3-5-16(15)22-25/h6,9,12,14H,3-5,7-8,10-11,13H2,1-2H3. The Kier molecular flexibility index (Phi) is 4.61. The van der Waals surface area contributed by atoms with Gasteiger partial charge in [0.25, 0.3) is 5.56 Å². The molecule has 0 atom stereocenters. The summed E-state index contributed by atoms with van der Waals surface area (Å²) in [6, 6.07) is 3.77. The summed E-state index contributed by atoms with van der Waals surface area (Å²) in [6.07, 6.45) is 7.05. The van der Waals surface area contributed by atoms with Gasteiger partial charge in [0.1, 0.15) is 5.82 Å². The van der Waals surface area contributed by atoms with Crippen molar-refractivity contribution >= 4 is 11.8 Å². The fourth-order valence-corrected chi connectivity index (χ4v) is 3.89. The van der Waals surface area contributed by atoms with Crippen LogP contribution >= 0.6 is 0 Å². The van der Waals surface area contributed by atoms with Crippen LogP contribution in [0.2, 0.25) is 0 Å². The molecular weight excluding hydrogens is 328 g/mol. The topological polar surface area (TPSA) is 67.2 Å². The quantitative estimate of drug-likeness (QED) is 0.829. The second-order valence-corrected chi connectivity index (χ2v) is 7.53. The van der Waals surface area contributed by atoms with E-state index in [0.717, 1.165) is 74.8 Å². The van der Waals surface area contributed by atoms with Gasteiger partial charge >= 0.3 is 0 Å². The molecule has 0 amide bonds. The van der Waals surface area contributed by atoms with Crippen molar-refractivity contribution in [1.29, 1.82) is 0 Å². The molecule has 0 spiro atoms. The van der Waals surface area contributed by atoms with E-state index in [4.69, 9.17) is 0 Å². The summed E-state index contributed by atoms with van der Waals surface area (Å²) in [4.78, 5) is 25.5. The van der Waals surface area contributed by atoms with Gasteiger partial charge in [0.15, 0.2) is 0 Å². The predicted molar refractivity (Wildman–Crippen MR) is 102 cm³/mol. The fourth-order valence-electron chi connectivity index (χ4n) is 3.89. The molecule has 1 aliphatic heterocycles. The van der Waals surface area contributed by atoms with Gasteiger partial charge in [-0.25, -0.2) is 9.67 Å². The van der Waals surface area contributed by atoms with Crippen LogP contribution in [-0.4, -0.2) is 46.9 Å². The molecule has 0 radical (unpaired) electrons. The first-order valence-corrected chi connectivity index (χ1v) is 9.45. The van der Waals surface area contributed by atoms with Gasteiger partial charge in [-0.2, -0.15) is 10.1 Å². The second kappa shape index (κ2) is 7.05. The maximum atomic E-state index is 12.3. The normalized spacial score (nSPS) is 17.4. The van der Waals surface area contributed by atoms with Crippen LogP contribution in [0, 0.1) is 5.92 Å². The van der Waals surface area contributed by atoms with Gasteiger partial charge in [-0.15, -0.1) is 0 Å². The molecule has 7 heteroatoms. The van der Waals surface area contributed by atoms with Crippen LogP contribution in [0.3, 0.4) is 0 Å². The van der Waals surface area contributed by atoms with Crippen LogP contribution in [0.5, 0.6) is 0 Å². The van der Waals surface area contributed by atoms with Crippen molar-refractivity contribution < 1.29 is 0 Å². The number of fused-ring (bicyclic) bond motifs is 1. The lowest BCUT2D eigenvalue weighted by Gasteiger charge is -2.33. The Morgan fingerprint density at radius 2 is 2.04 bits per heavy atom. The Balaban J connectivity index is 1.40. The summed E-state index contributed by atoms with van der Waals surface area (Å²) in [7, 11) is 3.90. The number of nitrogens with zero attached hydrogens (tertiary/aromatic N) is 6. The molecule has 4 rings (SSSR count). The monoisotopic (exact) mass is 354 g/mol. The Morgan fingerprint density at radius 3 is 2.81 bits per heavy atom. The third-order valence-corrected chi connectivity index (χ3v) is 5.42. The summed E-state index contributed by atoms with van der Waals surface area (Å²) in [6.45, 7) is 2.63. The Bertz CT molecular complexity index is 838. The number of rotatable bonds is 4. The highest BCUT2D eigenvalue weighted by Crippen LogP contribution is 2.24. The van der Waals surface area contributed by atoms with Crippen LogP contribution in [-0.2, 0) is 19.4 Å². The smallest absolute Gasteiger partial charge is 0.267 e. The van der Waals surface area contributed by atoms with Crippen LogP contribution in [0.15, 0.2) is 23.1 Å². The van der Waals surface area contributed by atoms with E-state index < -0.39 is 0 Å². The van der Waals surface area contributed by atoms with Gasteiger partial charge in [-0.3, -0.25) is 4.79 Å². The molecule has 2 aromatic rings. The minimum atomic E-state index is 0.0551. The van der Waals surface area contributed by atoms with Crippen LogP contribution in [0.1, 0.15) is 30.5 Å². The summed E-state index contributed by atoms with van der Waals surface area (Å²) in [5.74, 6) is 2.21. The Hall–Kier alpha value is -2.44. The van der Waals surface area contributed by atoms with Gasteiger partial charge < -0.3 is 9.80 Å². The third-order valence-electron chi connectivity index (χ3n) is 5.42. The van der Waals surface area contributed by atoms with E-state index in [1.54, 1.807) is 10.7 Å². The largest absolute Gasteiger partial charge is 0.356 e. The number of piperidine rings is 1. The first-order valence-electron chi connectivity index (χ1n) is 9.45. The van der Waals surface area contributed by atoms with Crippen molar-refractivity contribution in [1.82, 2.24) is 19.7 Å². The zero-order chi connectivity index (χ0) is 18.1. The molecule has 1 aliphatic carbocycles. The molecule has 3 heterocycles. The molecule has 2 aromatic heterocycles. The van der Waals surface area contributed by atoms with E-state index in [1.165, 1.54) is 0 Å². The number of hydrogen-bond acceptors (Lipinski definition) is 6. The molecule has 1 saturated heterocycles. The van der Waals surface area contributed by atoms with Crippen molar-refractivity contribution in [3.63, 3.8) is 0 Å². The molecule has 7 nitrogen and oxygen atoms in total. The van der Waals surface area contributed by atoms with E-state index in [0.29, 0.717) is 5.92 Å². The lowest BCUT2D eigenvalue weighted by Crippen LogP contribution is -2.37. The van der Waals surface area contributed by atoms with E-state index in [1.807, 2.05) is 31.3 Å². The fraction of sp³-hybridized carbons (Fsp3) is 0.579. The van der Waals surface area contributed by atoms with Crippen LogP contribution in [0.25, 0.3) is 0 Å². The Labute approximate surface area is 153 Å². The molecule has 0 saturated carbocycles. The van der Waals surface area contributed by atoms with Crippen LogP contribution in [0.4, 0.5) is 11.8 Å². The van der Waals surface area contributed by atoms with Gasteiger partial charge in [-0.05, 0) is 49.7 Å². The summed E-state index contributed by atoms with van der Waals surface area (Å²) in [5.41, 5.74) is 2.33. The first-order chi connectivity index (χ1) is 12.6. The molecular formula is C19H26N6O. The van der Waals surface area contributed by atoms with Gasteiger partial charge in [0.05, 0.1) is 5.69 Å². The number of hydrogen-bond donors (Lipinski definition) is 0. The average Bonchev–Trinajstić information content (AvgIpc) is 3.10. The molecule has 0 N–H and O–H groups in total. The second-order valence-electron chi connectivity index (χ2n) is 7.53. The van der Waals surface area contributed by atoms with E-state index in [9.17, 15) is 4.79 Å². The highest BCUT2D eigenvalue weighted by molar-refractivity contribution is 5.43. The molecule has 2 aliphatic rings. The van der Waals surface area contributed by atoms with Crippen molar-refractivity contribution in [3.8, 4) is 0 Å². The SMILES string of the molecule is CN(C)c1nccc(N2CCC(Cn3nc4c(cc3=O)CCC4)CC2)n1. The lowest BCUT2D eigenvalue weighted by molar-refractivity contribution is 0.333. The van der Waals surface area contributed by atoms with Gasteiger partial charge in [0, 0.05) is 46.0 Å². The zero-order valence-corrected chi connectivity index (χ0v) is 15.6.